The minimum atomic E-state index is 0.0749. The molecule has 2 aromatic rings. The summed E-state index contributed by atoms with van der Waals surface area (Å²) in [6.45, 7) is 0.957. The average Bonchev–Trinajstić information content (AvgIpc) is 3.00. The van der Waals surface area contributed by atoms with Crippen LogP contribution in [0.1, 0.15) is 31.7 Å². The van der Waals surface area contributed by atoms with Crippen LogP contribution in [0.4, 0.5) is 0 Å². The molecule has 0 amide bonds. The number of halogens is 1. The third-order valence-corrected chi connectivity index (χ3v) is 5.46. The Bertz CT molecular complexity index is 753. The van der Waals surface area contributed by atoms with E-state index < -0.39 is 0 Å². The molecule has 1 aliphatic carbocycles. The Kier molecular flexibility index (Phi) is 5.29. The van der Waals surface area contributed by atoms with E-state index in [0.29, 0.717) is 15.9 Å². The molecule has 4 nitrogen and oxygen atoms in total. The molecule has 0 saturated heterocycles. The van der Waals surface area contributed by atoms with Gasteiger partial charge in [0.05, 0.1) is 10.9 Å². The van der Waals surface area contributed by atoms with Crippen molar-refractivity contribution >= 4 is 34.3 Å². The molecule has 1 aromatic heterocycles. The molecule has 1 saturated carbocycles. The maximum absolute atomic E-state index is 13.0. The largest absolute Gasteiger partial charge is 0.309 e. The fourth-order valence-corrected chi connectivity index (χ4v) is 4.40. The molecule has 23 heavy (non-hydrogen) atoms. The Morgan fingerprint density at radius 1 is 1.35 bits per heavy atom. The van der Waals surface area contributed by atoms with E-state index in [1.807, 2.05) is 4.57 Å². The molecular weight excluding hydrogens is 330 g/mol. The molecule has 1 fully saturated rings. The molecule has 124 valence electrons. The van der Waals surface area contributed by atoms with Crippen LogP contribution in [0.15, 0.2) is 28.2 Å². The van der Waals surface area contributed by atoms with Gasteiger partial charge in [-0.05, 0) is 45.1 Å². The van der Waals surface area contributed by atoms with Crippen LogP contribution in [0.2, 0.25) is 5.02 Å². The van der Waals surface area contributed by atoms with Gasteiger partial charge in [0.2, 0.25) is 0 Å². The molecule has 3 rings (SSSR count). The van der Waals surface area contributed by atoms with Crippen LogP contribution in [-0.4, -0.2) is 40.8 Å². The first-order chi connectivity index (χ1) is 11.1. The number of rotatable bonds is 5. The third kappa shape index (κ3) is 3.73. The first-order valence-corrected chi connectivity index (χ1v) is 9.42. The monoisotopic (exact) mass is 351 g/mol. The second-order valence-corrected chi connectivity index (χ2v) is 7.82. The second-order valence-electron chi connectivity index (χ2n) is 6.32. The predicted molar refractivity (Wildman–Crippen MR) is 97.8 cm³/mol. The van der Waals surface area contributed by atoms with Crippen molar-refractivity contribution < 1.29 is 0 Å². The summed E-state index contributed by atoms with van der Waals surface area (Å²) < 4.78 is 1.93. The zero-order chi connectivity index (χ0) is 16.4. The molecule has 0 bridgehead atoms. The second kappa shape index (κ2) is 7.24. The number of nitrogens with zero attached hydrogens (tertiary/aromatic N) is 3. The van der Waals surface area contributed by atoms with E-state index in [0.717, 1.165) is 30.3 Å². The van der Waals surface area contributed by atoms with E-state index >= 15 is 0 Å². The lowest BCUT2D eigenvalue weighted by Gasteiger charge is -2.19. The highest BCUT2D eigenvalue weighted by atomic mass is 35.5. The van der Waals surface area contributed by atoms with Crippen LogP contribution >= 0.6 is 23.4 Å². The summed E-state index contributed by atoms with van der Waals surface area (Å²) in [5.74, 6) is 0.915. The predicted octanol–water partition coefficient (Wildman–Crippen LogP) is 3.82. The fourth-order valence-electron chi connectivity index (χ4n) is 3.06. The Morgan fingerprint density at radius 3 is 2.78 bits per heavy atom. The van der Waals surface area contributed by atoms with Crippen molar-refractivity contribution in [3.8, 4) is 0 Å². The van der Waals surface area contributed by atoms with E-state index in [1.54, 1.807) is 30.0 Å². The molecule has 1 aliphatic rings. The van der Waals surface area contributed by atoms with E-state index in [-0.39, 0.29) is 11.6 Å². The number of hydrogen-bond acceptors (Lipinski definition) is 4. The van der Waals surface area contributed by atoms with Gasteiger partial charge in [0.1, 0.15) is 0 Å². The highest BCUT2D eigenvalue weighted by Crippen LogP contribution is 2.32. The highest BCUT2D eigenvalue weighted by Gasteiger charge is 2.23. The lowest BCUT2D eigenvalue weighted by Crippen LogP contribution is -2.27. The average molecular weight is 352 g/mol. The van der Waals surface area contributed by atoms with E-state index in [2.05, 4.69) is 19.0 Å². The molecule has 0 spiro atoms. The molecule has 0 aliphatic heterocycles. The van der Waals surface area contributed by atoms with Gasteiger partial charge in [-0.2, -0.15) is 0 Å². The summed E-state index contributed by atoms with van der Waals surface area (Å²) in [7, 11) is 4.11. The van der Waals surface area contributed by atoms with E-state index in [4.69, 9.17) is 16.6 Å². The van der Waals surface area contributed by atoms with Gasteiger partial charge in [-0.25, -0.2) is 4.98 Å². The fraction of sp³-hybridized carbons (Fsp3) is 0.529. The number of hydrogen-bond donors (Lipinski definition) is 0. The molecule has 1 aromatic carbocycles. The molecule has 0 N–H and O–H groups in total. The van der Waals surface area contributed by atoms with Gasteiger partial charge in [-0.1, -0.05) is 36.2 Å². The van der Waals surface area contributed by atoms with Gasteiger partial charge in [-0.3, -0.25) is 9.36 Å². The normalized spacial score (nSPS) is 15.8. The van der Waals surface area contributed by atoms with Crippen LogP contribution in [0, 0.1) is 0 Å². The molecular formula is C17H22ClN3OS. The Balaban J connectivity index is 2.05. The highest BCUT2D eigenvalue weighted by molar-refractivity contribution is 7.99. The lowest BCUT2D eigenvalue weighted by molar-refractivity contribution is 0.435. The van der Waals surface area contributed by atoms with Gasteiger partial charge < -0.3 is 4.90 Å². The van der Waals surface area contributed by atoms with Crippen molar-refractivity contribution in [1.82, 2.24) is 14.5 Å². The number of fused-ring (bicyclic) bond motifs is 1. The number of aromatic nitrogens is 2. The van der Waals surface area contributed by atoms with Gasteiger partial charge in [0.15, 0.2) is 5.16 Å². The number of thioether (sulfide) groups is 1. The Hall–Kier alpha value is -1.04. The van der Waals surface area contributed by atoms with Crippen LogP contribution in [0.5, 0.6) is 0 Å². The van der Waals surface area contributed by atoms with Gasteiger partial charge in [0, 0.05) is 23.4 Å². The topological polar surface area (TPSA) is 38.1 Å². The summed E-state index contributed by atoms with van der Waals surface area (Å²) in [4.78, 5) is 19.9. The smallest absolute Gasteiger partial charge is 0.262 e. The summed E-state index contributed by atoms with van der Waals surface area (Å²) >= 11 is 7.74. The Labute approximate surface area is 145 Å². The Morgan fingerprint density at radius 2 is 2.09 bits per heavy atom. The molecule has 1 heterocycles. The minimum absolute atomic E-state index is 0.0749. The molecule has 0 radical (unpaired) electrons. The van der Waals surface area contributed by atoms with Crippen molar-refractivity contribution in [2.75, 3.05) is 26.4 Å². The van der Waals surface area contributed by atoms with E-state index in [9.17, 15) is 4.79 Å². The maximum Gasteiger partial charge on any atom is 0.262 e. The van der Waals surface area contributed by atoms with Gasteiger partial charge in [0.25, 0.3) is 5.56 Å². The van der Waals surface area contributed by atoms with Crippen molar-refractivity contribution in [3.05, 3.63) is 33.6 Å². The van der Waals surface area contributed by atoms with Crippen LogP contribution in [0.25, 0.3) is 10.9 Å². The zero-order valence-electron chi connectivity index (χ0n) is 13.6. The quantitative estimate of drug-likeness (QED) is 0.606. The van der Waals surface area contributed by atoms with Crippen molar-refractivity contribution in [1.29, 1.82) is 0 Å². The van der Waals surface area contributed by atoms with Crippen LogP contribution < -0.4 is 5.56 Å². The number of benzene rings is 1. The SMILES string of the molecule is CN(C)CCSc1nc2cc(Cl)ccc2c(=O)n1C1CCCC1. The minimum Gasteiger partial charge on any atom is -0.309 e. The summed E-state index contributed by atoms with van der Waals surface area (Å²) in [6, 6.07) is 5.64. The third-order valence-electron chi connectivity index (χ3n) is 4.29. The van der Waals surface area contributed by atoms with Crippen molar-refractivity contribution in [3.63, 3.8) is 0 Å². The molecule has 0 atom stereocenters. The van der Waals surface area contributed by atoms with Crippen molar-refractivity contribution in [2.24, 2.45) is 0 Å². The maximum atomic E-state index is 13.0. The van der Waals surface area contributed by atoms with E-state index in [1.165, 1.54) is 12.8 Å². The van der Waals surface area contributed by atoms with Gasteiger partial charge >= 0.3 is 0 Å². The lowest BCUT2D eigenvalue weighted by atomic mass is 10.2. The first-order valence-electron chi connectivity index (χ1n) is 8.05. The van der Waals surface area contributed by atoms with Crippen LogP contribution in [0.3, 0.4) is 0 Å². The van der Waals surface area contributed by atoms with Crippen LogP contribution in [-0.2, 0) is 0 Å². The summed E-state index contributed by atoms with van der Waals surface area (Å²) in [6.07, 6.45) is 4.53. The van der Waals surface area contributed by atoms with Crippen molar-refractivity contribution in [2.45, 2.75) is 36.9 Å². The summed E-state index contributed by atoms with van der Waals surface area (Å²) in [5, 5.41) is 2.11. The van der Waals surface area contributed by atoms with Gasteiger partial charge in [-0.15, -0.1) is 0 Å². The molecule has 6 heteroatoms. The zero-order valence-corrected chi connectivity index (χ0v) is 15.2. The summed E-state index contributed by atoms with van der Waals surface area (Å²) in [5.41, 5.74) is 0.773. The standard InChI is InChI=1S/C17H22ClN3OS/c1-20(2)9-10-23-17-19-15-11-12(18)7-8-14(15)16(22)21(17)13-5-3-4-6-13/h7-8,11,13H,3-6,9-10H2,1-2H3. The first kappa shape index (κ1) is 16.8. The molecule has 0 unspecified atom stereocenters.